The van der Waals surface area contributed by atoms with Crippen LogP contribution in [-0.4, -0.2) is 0 Å². The SMILES string of the molecule is C=CC1=C=CC=C1. The maximum Gasteiger partial charge on any atom is 0.0158 e. The topological polar surface area (TPSA) is 0 Å². The van der Waals surface area contributed by atoms with Gasteiger partial charge in [-0.25, -0.2) is 0 Å². The number of rotatable bonds is 1. The largest absolute Gasteiger partial charge is 0.113 e. The van der Waals surface area contributed by atoms with Crippen molar-refractivity contribution in [2.24, 2.45) is 0 Å². The molecule has 34 valence electrons. The van der Waals surface area contributed by atoms with Crippen molar-refractivity contribution < 1.29 is 0 Å². The summed E-state index contributed by atoms with van der Waals surface area (Å²) in [4.78, 5) is 0. The monoisotopic (exact) mass is 90.0 g/mol. The van der Waals surface area contributed by atoms with Crippen LogP contribution in [0.5, 0.6) is 0 Å². The van der Waals surface area contributed by atoms with Gasteiger partial charge in [-0.15, -0.1) is 5.73 Å². The smallest absolute Gasteiger partial charge is 0.0158 e. The van der Waals surface area contributed by atoms with E-state index in [0.717, 1.165) is 5.57 Å². The Bertz CT molecular complexity index is 164. The molecular formula is C7H6. The van der Waals surface area contributed by atoms with E-state index in [-0.39, 0.29) is 0 Å². The second kappa shape index (κ2) is 1.63. The van der Waals surface area contributed by atoms with E-state index in [1.165, 1.54) is 0 Å². The van der Waals surface area contributed by atoms with E-state index in [1.807, 2.05) is 18.2 Å². The van der Waals surface area contributed by atoms with Gasteiger partial charge in [0.15, 0.2) is 0 Å². The molecule has 0 nitrogen and oxygen atoms in total. The van der Waals surface area contributed by atoms with E-state index in [1.54, 1.807) is 6.08 Å². The van der Waals surface area contributed by atoms with Crippen LogP contribution in [0.2, 0.25) is 0 Å². The summed E-state index contributed by atoms with van der Waals surface area (Å²) in [6.45, 7) is 3.57. The zero-order chi connectivity index (χ0) is 5.11. The molecule has 0 atom stereocenters. The fourth-order valence-corrected chi connectivity index (χ4v) is 0.471. The van der Waals surface area contributed by atoms with Crippen LogP contribution in [0.4, 0.5) is 0 Å². The first-order chi connectivity index (χ1) is 3.43. The second-order valence-electron chi connectivity index (χ2n) is 1.33. The van der Waals surface area contributed by atoms with Crippen molar-refractivity contribution in [3.63, 3.8) is 0 Å². The molecule has 7 heavy (non-hydrogen) atoms. The first-order valence-electron chi connectivity index (χ1n) is 2.19. The summed E-state index contributed by atoms with van der Waals surface area (Å²) in [5.41, 5.74) is 4.04. The molecule has 0 heterocycles. The van der Waals surface area contributed by atoms with E-state index in [9.17, 15) is 0 Å². The molecule has 0 aromatic heterocycles. The van der Waals surface area contributed by atoms with Gasteiger partial charge in [-0.1, -0.05) is 18.7 Å². The molecule has 0 aromatic carbocycles. The minimum absolute atomic E-state index is 1.07. The first-order valence-corrected chi connectivity index (χ1v) is 2.19. The molecule has 0 amide bonds. The molecule has 1 aliphatic rings. The van der Waals surface area contributed by atoms with Crippen molar-refractivity contribution in [3.05, 3.63) is 42.2 Å². The summed E-state index contributed by atoms with van der Waals surface area (Å²) in [5, 5.41) is 0. The Kier molecular flexibility index (Phi) is 0.972. The van der Waals surface area contributed by atoms with Crippen molar-refractivity contribution in [1.82, 2.24) is 0 Å². The Morgan fingerprint density at radius 3 is 2.86 bits per heavy atom. The predicted molar refractivity (Wildman–Crippen MR) is 30.9 cm³/mol. The predicted octanol–water partition coefficient (Wildman–Crippen LogP) is 1.82. The molecule has 1 aliphatic carbocycles. The Balaban J connectivity index is 2.92. The molecule has 0 bridgehead atoms. The Morgan fingerprint density at radius 1 is 1.71 bits per heavy atom. The number of allylic oxidation sites excluding steroid dienone is 4. The van der Waals surface area contributed by atoms with Gasteiger partial charge in [0.1, 0.15) is 0 Å². The van der Waals surface area contributed by atoms with Crippen LogP contribution in [0, 0.1) is 0 Å². The fourth-order valence-electron chi connectivity index (χ4n) is 0.471. The van der Waals surface area contributed by atoms with Gasteiger partial charge in [0.25, 0.3) is 0 Å². The van der Waals surface area contributed by atoms with Crippen molar-refractivity contribution >= 4 is 0 Å². The Morgan fingerprint density at radius 2 is 2.57 bits per heavy atom. The van der Waals surface area contributed by atoms with E-state index in [0.29, 0.717) is 0 Å². The van der Waals surface area contributed by atoms with Crippen LogP contribution < -0.4 is 0 Å². The second-order valence-corrected chi connectivity index (χ2v) is 1.33. The van der Waals surface area contributed by atoms with Crippen LogP contribution in [0.15, 0.2) is 42.2 Å². The molecule has 0 fully saturated rings. The maximum absolute atomic E-state index is 3.57. The lowest BCUT2D eigenvalue weighted by molar-refractivity contribution is 1.81. The third-order valence-corrected chi connectivity index (χ3v) is 0.842. The van der Waals surface area contributed by atoms with Crippen LogP contribution in [0.3, 0.4) is 0 Å². The standard InChI is InChI=1S/C7H6/c1-2-7-5-3-4-6-7/h2-5H,1H2. The van der Waals surface area contributed by atoms with Crippen LogP contribution in [-0.2, 0) is 0 Å². The molecule has 0 unspecified atom stereocenters. The van der Waals surface area contributed by atoms with Gasteiger partial charge < -0.3 is 0 Å². The lowest BCUT2D eigenvalue weighted by atomic mass is 10.3. The third kappa shape index (κ3) is 0.703. The molecule has 0 radical (unpaired) electrons. The Hall–Kier alpha value is -1.00. The highest BCUT2D eigenvalue weighted by Gasteiger charge is 1.81. The minimum atomic E-state index is 1.07. The molecule has 1 rings (SSSR count). The van der Waals surface area contributed by atoms with Crippen LogP contribution in [0.25, 0.3) is 0 Å². The highest BCUT2D eigenvalue weighted by Crippen LogP contribution is 2.00. The van der Waals surface area contributed by atoms with Crippen molar-refractivity contribution in [2.75, 3.05) is 0 Å². The molecule has 0 saturated heterocycles. The zero-order valence-electron chi connectivity index (χ0n) is 4.02. The van der Waals surface area contributed by atoms with Crippen molar-refractivity contribution in [1.29, 1.82) is 0 Å². The van der Waals surface area contributed by atoms with Gasteiger partial charge in [0.05, 0.1) is 0 Å². The summed E-state index contributed by atoms with van der Waals surface area (Å²) in [6.07, 6.45) is 7.56. The quantitative estimate of drug-likeness (QED) is 0.431. The van der Waals surface area contributed by atoms with Crippen LogP contribution >= 0.6 is 0 Å². The molecule has 0 heteroatoms. The van der Waals surface area contributed by atoms with Crippen molar-refractivity contribution in [2.45, 2.75) is 0 Å². The van der Waals surface area contributed by atoms with E-state index in [4.69, 9.17) is 0 Å². The summed E-state index contributed by atoms with van der Waals surface area (Å²) >= 11 is 0. The lowest BCUT2D eigenvalue weighted by Crippen LogP contribution is -1.55. The fraction of sp³-hybridized carbons (Fsp3) is 0. The highest BCUT2D eigenvalue weighted by molar-refractivity contribution is 5.35. The zero-order valence-corrected chi connectivity index (χ0v) is 4.02. The van der Waals surface area contributed by atoms with E-state index in [2.05, 4.69) is 12.3 Å². The summed E-state index contributed by atoms with van der Waals surface area (Å²) in [5.74, 6) is 0. The molecule has 0 aromatic rings. The molecule has 0 saturated carbocycles. The van der Waals surface area contributed by atoms with E-state index >= 15 is 0 Å². The van der Waals surface area contributed by atoms with Gasteiger partial charge in [-0.3, -0.25) is 0 Å². The average Bonchev–Trinajstić information content (AvgIpc) is 2.14. The molecule has 0 N–H and O–H groups in total. The minimum Gasteiger partial charge on any atom is -0.113 e. The maximum atomic E-state index is 3.57. The van der Waals surface area contributed by atoms with Gasteiger partial charge in [-0.05, 0) is 12.2 Å². The van der Waals surface area contributed by atoms with Gasteiger partial charge in [-0.2, -0.15) is 0 Å². The lowest BCUT2D eigenvalue weighted by Gasteiger charge is -1.74. The summed E-state index contributed by atoms with van der Waals surface area (Å²) in [7, 11) is 0. The molecule has 0 aliphatic heterocycles. The molecular weight excluding hydrogens is 84.1 g/mol. The summed E-state index contributed by atoms with van der Waals surface area (Å²) < 4.78 is 0. The third-order valence-electron chi connectivity index (χ3n) is 0.842. The van der Waals surface area contributed by atoms with Crippen LogP contribution in [0.1, 0.15) is 0 Å². The Labute approximate surface area is 43.2 Å². The van der Waals surface area contributed by atoms with Gasteiger partial charge >= 0.3 is 0 Å². The average molecular weight is 90.1 g/mol. The molecule has 0 spiro atoms. The number of hydrogen-bond donors (Lipinski definition) is 0. The highest BCUT2D eigenvalue weighted by atomic mass is 13.9. The van der Waals surface area contributed by atoms with E-state index < -0.39 is 0 Å². The van der Waals surface area contributed by atoms with Gasteiger partial charge in [0, 0.05) is 5.57 Å². The first kappa shape index (κ1) is 4.17. The van der Waals surface area contributed by atoms with Crippen molar-refractivity contribution in [3.8, 4) is 0 Å². The normalized spacial score (nSPS) is 14.6. The summed E-state index contributed by atoms with van der Waals surface area (Å²) in [6, 6.07) is 0. The number of hydrogen-bond acceptors (Lipinski definition) is 0. The van der Waals surface area contributed by atoms with Gasteiger partial charge in [0.2, 0.25) is 0 Å².